The summed E-state index contributed by atoms with van der Waals surface area (Å²) in [5.41, 5.74) is 5.35. The molecule has 0 spiro atoms. The molecule has 0 radical (unpaired) electrons. The van der Waals surface area contributed by atoms with Crippen molar-refractivity contribution in [2.24, 2.45) is 5.73 Å². The van der Waals surface area contributed by atoms with Gasteiger partial charge in [-0.2, -0.15) is 0 Å². The molecule has 0 aromatic heterocycles. The Morgan fingerprint density at radius 3 is 2.21 bits per heavy atom. The summed E-state index contributed by atoms with van der Waals surface area (Å²) in [6.07, 6.45) is -0.139. The highest BCUT2D eigenvalue weighted by Crippen LogP contribution is 1.96. The van der Waals surface area contributed by atoms with Gasteiger partial charge in [-0.1, -0.05) is 6.92 Å². The fourth-order valence-corrected chi connectivity index (χ4v) is 0.843. The monoisotopic (exact) mass is 201 g/mol. The molecule has 1 unspecified atom stereocenters. The van der Waals surface area contributed by atoms with E-state index < -0.39 is 23.6 Å². The molecular formula is C9H15NO4. The number of ether oxygens (including phenoxy) is 1. The Morgan fingerprint density at radius 1 is 1.21 bits per heavy atom. The predicted molar refractivity (Wildman–Crippen MR) is 49.5 cm³/mol. The number of carbonyl (C=O) groups is 3. The van der Waals surface area contributed by atoms with Crippen LogP contribution < -0.4 is 5.73 Å². The summed E-state index contributed by atoms with van der Waals surface area (Å²) in [5, 5.41) is 0. The molecule has 0 fully saturated rings. The van der Waals surface area contributed by atoms with E-state index in [1.807, 2.05) is 0 Å². The molecule has 1 atom stereocenters. The molecule has 0 aliphatic carbocycles. The molecule has 0 aliphatic heterocycles. The molecule has 0 saturated heterocycles. The van der Waals surface area contributed by atoms with Crippen LogP contribution in [-0.4, -0.2) is 30.2 Å². The van der Waals surface area contributed by atoms with E-state index in [9.17, 15) is 14.4 Å². The number of ketones is 2. The Labute approximate surface area is 82.6 Å². The Balaban J connectivity index is 4.05. The van der Waals surface area contributed by atoms with Crippen molar-refractivity contribution in [1.29, 1.82) is 0 Å². The Morgan fingerprint density at radius 2 is 1.79 bits per heavy atom. The largest absolute Gasteiger partial charge is 0.465 e. The molecule has 0 rings (SSSR count). The Kier molecular flexibility index (Phi) is 5.71. The van der Waals surface area contributed by atoms with Crippen molar-refractivity contribution in [2.75, 3.05) is 6.61 Å². The topological polar surface area (TPSA) is 86.5 Å². The van der Waals surface area contributed by atoms with Crippen molar-refractivity contribution >= 4 is 17.5 Å². The van der Waals surface area contributed by atoms with Crippen molar-refractivity contribution in [2.45, 2.75) is 32.7 Å². The van der Waals surface area contributed by atoms with Crippen molar-refractivity contribution in [1.82, 2.24) is 0 Å². The van der Waals surface area contributed by atoms with E-state index in [0.29, 0.717) is 0 Å². The number of nitrogens with two attached hydrogens (primary N) is 1. The molecule has 80 valence electrons. The number of hydrogen-bond donors (Lipinski definition) is 1. The summed E-state index contributed by atoms with van der Waals surface area (Å²) in [6.45, 7) is 3.43. The van der Waals surface area contributed by atoms with E-state index in [4.69, 9.17) is 5.73 Å². The zero-order valence-electron chi connectivity index (χ0n) is 8.41. The van der Waals surface area contributed by atoms with Crippen LogP contribution in [0.4, 0.5) is 0 Å². The molecule has 0 aliphatic rings. The number of hydrogen-bond acceptors (Lipinski definition) is 5. The third-order valence-corrected chi connectivity index (χ3v) is 1.63. The molecule has 14 heavy (non-hydrogen) atoms. The maximum Gasteiger partial charge on any atom is 0.323 e. The summed E-state index contributed by atoms with van der Waals surface area (Å²) < 4.78 is 4.59. The van der Waals surface area contributed by atoms with E-state index in [1.165, 1.54) is 0 Å². The summed E-state index contributed by atoms with van der Waals surface area (Å²) >= 11 is 0. The van der Waals surface area contributed by atoms with E-state index in [-0.39, 0.29) is 19.4 Å². The van der Waals surface area contributed by atoms with Gasteiger partial charge in [0.05, 0.1) is 6.61 Å². The molecule has 5 nitrogen and oxygen atoms in total. The third kappa shape index (κ3) is 4.13. The van der Waals surface area contributed by atoms with Crippen LogP contribution in [0.2, 0.25) is 0 Å². The second-order valence-corrected chi connectivity index (χ2v) is 2.76. The average molecular weight is 201 g/mol. The molecule has 0 heterocycles. The van der Waals surface area contributed by atoms with Crippen LogP contribution in [0, 0.1) is 0 Å². The van der Waals surface area contributed by atoms with Gasteiger partial charge in [-0.05, 0) is 6.92 Å². The minimum atomic E-state index is -1.03. The van der Waals surface area contributed by atoms with Crippen LogP contribution in [0.25, 0.3) is 0 Å². The fraction of sp³-hybridized carbons (Fsp3) is 0.667. The minimum absolute atomic E-state index is 0.133. The second kappa shape index (κ2) is 6.26. The van der Waals surface area contributed by atoms with Crippen LogP contribution in [0.3, 0.4) is 0 Å². The van der Waals surface area contributed by atoms with Crippen LogP contribution in [0.5, 0.6) is 0 Å². The van der Waals surface area contributed by atoms with Crippen LogP contribution in [0.15, 0.2) is 0 Å². The van der Waals surface area contributed by atoms with Gasteiger partial charge in [0.1, 0.15) is 6.04 Å². The van der Waals surface area contributed by atoms with Gasteiger partial charge in [-0.3, -0.25) is 14.4 Å². The molecule has 0 bridgehead atoms. The lowest BCUT2D eigenvalue weighted by Crippen LogP contribution is -2.36. The van der Waals surface area contributed by atoms with Gasteiger partial charge in [0.15, 0.2) is 5.78 Å². The Bertz CT molecular complexity index is 237. The van der Waals surface area contributed by atoms with Crippen molar-refractivity contribution in [3.63, 3.8) is 0 Å². The zero-order chi connectivity index (χ0) is 11.1. The average Bonchev–Trinajstić information content (AvgIpc) is 2.16. The van der Waals surface area contributed by atoms with E-state index >= 15 is 0 Å². The summed E-state index contributed by atoms with van der Waals surface area (Å²) in [4.78, 5) is 32.9. The van der Waals surface area contributed by atoms with Gasteiger partial charge in [-0.15, -0.1) is 0 Å². The summed E-state index contributed by atoms with van der Waals surface area (Å²) in [5.74, 6) is -1.78. The van der Waals surface area contributed by atoms with Gasteiger partial charge in [-0.25, -0.2) is 0 Å². The number of esters is 1. The quantitative estimate of drug-likeness (QED) is 0.475. The molecule has 5 heteroatoms. The summed E-state index contributed by atoms with van der Waals surface area (Å²) in [7, 11) is 0. The first-order chi connectivity index (χ1) is 6.52. The van der Waals surface area contributed by atoms with Gasteiger partial charge >= 0.3 is 5.97 Å². The normalized spacial score (nSPS) is 11.9. The third-order valence-electron chi connectivity index (χ3n) is 1.63. The molecule has 2 N–H and O–H groups in total. The van der Waals surface area contributed by atoms with Crippen molar-refractivity contribution < 1.29 is 19.1 Å². The van der Waals surface area contributed by atoms with Gasteiger partial charge in [0, 0.05) is 12.8 Å². The summed E-state index contributed by atoms with van der Waals surface area (Å²) in [6, 6.07) is -1.03. The highest BCUT2D eigenvalue weighted by molar-refractivity contribution is 6.37. The van der Waals surface area contributed by atoms with Crippen LogP contribution in [-0.2, 0) is 19.1 Å². The second-order valence-electron chi connectivity index (χ2n) is 2.76. The number of carbonyl (C=O) groups excluding carboxylic acids is 3. The number of Topliss-reactive ketones (excluding diaryl/α,β-unsaturated/α-hetero) is 2. The van der Waals surface area contributed by atoms with E-state index in [0.717, 1.165) is 0 Å². The van der Waals surface area contributed by atoms with Gasteiger partial charge in [0.25, 0.3) is 0 Å². The van der Waals surface area contributed by atoms with Crippen molar-refractivity contribution in [3.8, 4) is 0 Å². The maximum atomic E-state index is 11.1. The van der Waals surface area contributed by atoms with E-state index in [2.05, 4.69) is 4.74 Å². The molecule has 0 saturated carbocycles. The maximum absolute atomic E-state index is 11.1. The number of rotatable bonds is 6. The minimum Gasteiger partial charge on any atom is -0.465 e. The molecule has 0 aromatic rings. The lowest BCUT2D eigenvalue weighted by Gasteiger charge is -2.08. The first-order valence-corrected chi connectivity index (χ1v) is 4.51. The SMILES string of the molecule is CCOC(=O)C(N)CC(=O)C(=O)CC. The first-order valence-electron chi connectivity index (χ1n) is 4.51. The lowest BCUT2D eigenvalue weighted by molar-refractivity contribution is -0.146. The van der Waals surface area contributed by atoms with Crippen LogP contribution in [0.1, 0.15) is 26.7 Å². The van der Waals surface area contributed by atoms with E-state index in [1.54, 1.807) is 13.8 Å². The highest BCUT2D eigenvalue weighted by atomic mass is 16.5. The molecule has 0 aromatic carbocycles. The smallest absolute Gasteiger partial charge is 0.323 e. The zero-order valence-corrected chi connectivity index (χ0v) is 8.41. The van der Waals surface area contributed by atoms with Gasteiger partial charge < -0.3 is 10.5 Å². The fourth-order valence-electron chi connectivity index (χ4n) is 0.843. The lowest BCUT2D eigenvalue weighted by atomic mass is 10.1. The predicted octanol–water partition coefficient (Wildman–Crippen LogP) is -0.185. The van der Waals surface area contributed by atoms with Gasteiger partial charge in [0.2, 0.25) is 5.78 Å². The molecular weight excluding hydrogens is 186 g/mol. The van der Waals surface area contributed by atoms with Crippen molar-refractivity contribution in [3.05, 3.63) is 0 Å². The highest BCUT2D eigenvalue weighted by Gasteiger charge is 2.21. The Hall–Kier alpha value is -1.23. The standard InChI is InChI=1S/C9H15NO4/c1-3-7(11)8(12)5-6(10)9(13)14-4-2/h6H,3-5,10H2,1-2H3. The first kappa shape index (κ1) is 12.8. The van der Waals surface area contributed by atoms with Crippen LogP contribution >= 0.6 is 0 Å². The molecule has 0 amide bonds.